The van der Waals surface area contributed by atoms with Crippen molar-refractivity contribution in [1.82, 2.24) is 15.2 Å². The van der Waals surface area contributed by atoms with Gasteiger partial charge in [0.15, 0.2) is 5.69 Å². The molecule has 5 aromatic rings. The third kappa shape index (κ3) is 3.21. The summed E-state index contributed by atoms with van der Waals surface area (Å²) in [5, 5.41) is 13.6. The number of nitrogens with one attached hydrogen (secondary N) is 1. The lowest BCUT2D eigenvalue weighted by Crippen LogP contribution is -2.27. The van der Waals surface area contributed by atoms with Crippen LogP contribution in [0.3, 0.4) is 0 Å². The molecule has 0 saturated heterocycles. The second-order valence-corrected chi connectivity index (χ2v) is 7.72. The predicted octanol–water partition coefficient (Wildman–Crippen LogP) is 4.66. The molecule has 156 valence electrons. The highest BCUT2D eigenvalue weighted by Gasteiger charge is 2.15. The van der Waals surface area contributed by atoms with E-state index in [9.17, 15) is 9.59 Å². The van der Waals surface area contributed by atoms with E-state index in [2.05, 4.69) is 15.6 Å². The number of carbonyl (C=O) groups is 1. The van der Waals surface area contributed by atoms with Crippen molar-refractivity contribution in [2.45, 2.75) is 0 Å². The van der Waals surface area contributed by atoms with Gasteiger partial charge in [-0.1, -0.05) is 78.3 Å². The van der Waals surface area contributed by atoms with Crippen LogP contribution in [0, 0.1) is 0 Å². The van der Waals surface area contributed by atoms with Gasteiger partial charge in [0.1, 0.15) is 0 Å². The number of hydrogen-bond acceptors (Lipinski definition) is 4. The van der Waals surface area contributed by atoms with Crippen molar-refractivity contribution in [2.75, 3.05) is 0 Å². The van der Waals surface area contributed by atoms with Crippen LogP contribution in [0.2, 0.25) is 5.02 Å². The van der Waals surface area contributed by atoms with E-state index in [-0.39, 0.29) is 11.3 Å². The molecule has 4 aromatic carbocycles. The fourth-order valence-corrected chi connectivity index (χ4v) is 4.25. The first-order valence-electron chi connectivity index (χ1n) is 9.94. The second-order valence-electron chi connectivity index (χ2n) is 7.34. The quantitative estimate of drug-likeness (QED) is 0.252. The molecule has 1 N–H and O–H groups in total. The number of rotatable bonds is 3. The predicted molar refractivity (Wildman–Crippen MR) is 129 cm³/mol. The van der Waals surface area contributed by atoms with Crippen molar-refractivity contribution in [2.24, 2.45) is 12.1 Å². The summed E-state index contributed by atoms with van der Waals surface area (Å²) < 4.78 is 1.15. The Morgan fingerprint density at radius 2 is 1.38 bits per heavy atom. The number of carbonyl (C=O) groups excluding carboxylic acids is 1. The molecule has 1 amide bonds. The molecule has 1 heterocycles. The molecular formula is C25H17ClN4O2. The van der Waals surface area contributed by atoms with Crippen LogP contribution in [0.25, 0.3) is 32.3 Å². The van der Waals surface area contributed by atoms with Crippen molar-refractivity contribution in [1.29, 1.82) is 0 Å². The van der Waals surface area contributed by atoms with E-state index in [1.807, 2.05) is 48.5 Å². The smallest absolute Gasteiger partial charge is 0.267 e. The summed E-state index contributed by atoms with van der Waals surface area (Å²) in [6, 6.07) is 22.5. The molecule has 5 rings (SSSR count). The molecule has 0 saturated carbocycles. The lowest BCUT2D eigenvalue weighted by atomic mass is 9.97. The molecule has 0 aliphatic carbocycles. The van der Waals surface area contributed by atoms with Gasteiger partial charge in [-0.15, -0.1) is 0 Å². The second kappa shape index (κ2) is 7.90. The summed E-state index contributed by atoms with van der Waals surface area (Å²) in [6.07, 6.45) is 1.61. The van der Waals surface area contributed by atoms with E-state index in [0.29, 0.717) is 15.8 Å². The standard InChI is InChI=1S/C25H17ClN4O2/c1-30-25(32)20-13-7-6-12-19(20)23(29-30)24(31)28-27-14-21-15-8-2-4-10-17(15)22(26)18-11-5-3-9-16(18)21/h2-14H,1H3,(H,28,31)/b27-14+. The zero-order chi connectivity index (χ0) is 22.2. The number of halogens is 1. The van der Waals surface area contributed by atoms with Crippen LogP contribution in [0.4, 0.5) is 0 Å². The summed E-state index contributed by atoms with van der Waals surface area (Å²) >= 11 is 6.64. The minimum absolute atomic E-state index is 0.130. The Bertz CT molecular complexity index is 1570. The summed E-state index contributed by atoms with van der Waals surface area (Å²) in [4.78, 5) is 25.2. The number of benzene rings is 4. The molecule has 0 fully saturated rings. The molecule has 0 atom stereocenters. The molecule has 1 aromatic heterocycles. The van der Waals surface area contributed by atoms with Crippen molar-refractivity contribution in [3.63, 3.8) is 0 Å². The van der Waals surface area contributed by atoms with Gasteiger partial charge in [-0.3, -0.25) is 9.59 Å². The van der Waals surface area contributed by atoms with E-state index in [1.165, 1.54) is 7.05 Å². The van der Waals surface area contributed by atoms with Gasteiger partial charge in [0, 0.05) is 28.8 Å². The van der Waals surface area contributed by atoms with Crippen molar-refractivity contribution >= 4 is 56.0 Å². The largest absolute Gasteiger partial charge is 0.292 e. The average molecular weight is 441 g/mol. The first-order chi connectivity index (χ1) is 15.6. The third-order valence-electron chi connectivity index (χ3n) is 5.44. The number of amides is 1. The third-order valence-corrected chi connectivity index (χ3v) is 5.85. The Kier molecular flexibility index (Phi) is 4.92. The lowest BCUT2D eigenvalue weighted by molar-refractivity contribution is 0.0950. The van der Waals surface area contributed by atoms with Gasteiger partial charge in [-0.25, -0.2) is 10.1 Å². The summed E-state index contributed by atoms with van der Waals surface area (Å²) in [5.41, 5.74) is 3.26. The van der Waals surface area contributed by atoms with Crippen molar-refractivity contribution < 1.29 is 4.79 Å². The van der Waals surface area contributed by atoms with Crippen LogP contribution in [-0.4, -0.2) is 21.9 Å². The molecule has 0 radical (unpaired) electrons. The average Bonchev–Trinajstić information content (AvgIpc) is 2.83. The van der Waals surface area contributed by atoms with Gasteiger partial charge in [0.05, 0.1) is 16.6 Å². The molecule has 0 aliphatic heterocycles. The topological polar surface area (TPSA) is 76.3 Å². The fraction of sp³-hybridized carbons (Fsp3) is 0.0400. The van der Waals surface area contributed by atoms with Crippen LogP contribution < -0.4 is 11.0 Å². The Hall–Kier alpha value is -4.03. The molecule has 0 unspecified atom stereocenters. The van der Waals surface area contributed by atoms with Gasteiger partial charge >= 0.3 is 0 Å². The number of hydrogen-bond donors (Lipinski definition) is 1. The molecule has 0 spiro atoms. The van der Waals surface area contributed by atoms with Crippen molar-refractivity contribution in [3.05, 3.63) is 99.4 Å². The van der Waals surface area contributed by atoms with Crippen LogP contribution in [0.15, 0.2) is 82.7 Å². The minimum atomic E-state index is -0.504. The normalized spacial score (nSPS) is 11.6. The number of aromatic nitrogens is 2. The monoisotopic (exact) mass is 440 g/mol. The molecule has 0 bridgehead atoms. The van der Waals surface area contributed by atoms with Crippen LogP contribution in [-0.2, 0) is 7.05 Å². The number of nitrogens with zero attached hydrogens (tertiary/aromatic N) is 3. The van der Waals surface area contributed by atoms with E-state index in [1.54, 1.807) is 30.5 Å². The van der Waals surface area contributed by atoms with E-state index in [0.717, 1.165) is 31.8 Å². The maximum absolute atomic E-state index is 12.9. The zero-order valence-electron chi connectivity index (χ0n) is 17.0. The fourth-order valence-electron chi connectivity index (χ4n) is 3.92. The molecular weight excluding hydrogens is 424 g/mol. The van der Waals surface area contributed by atoms with Gasteiger partial charge in [-0.05, 0) is 16.8 Å². The highest BCUT2D eigenvalue weighted by molar-refractivity contribution is 6.42. The Morgan fingerprint density at radius 3 is 1.97 bits per heavy atom. The highest BCUT2D eigenvalue weighted by Crippen LogP contribution is 2.35. The number of aryl methyl sites for hydroxylation is 1. The Balaban J connectivity index is 1.57. The Morgan fingerprint density at radius 1 is 0.875 bits per heavy atom. The van der Waals surface area contributed by atoms with Gasteiger partial charge in [0.2, 0.25) is 0 Å². The zero-order valence-corrected chi connectivity index (χ0v) is 17.8. The maximum Gasteiger partial charge on any atom is 0.292 e. The summed E-state index contributed by atoms with van der Waals surface area (Å²) in [6.45, 7) is 0. The molecule has 6 nitrogen and oxygen atoms in total. The van der Waals surface area contributed by atoms with Gasteiger partial charge in [-0.2, -0.15) is 10.2 Å². The Labute approximate surface area is 187 Å². The van der Waals surface area contributed by atoms with E-state index in [4.69, 9.17) is 11.6 Å². The maximum atomic E-state index is 12.9. The minimum Gasteiger partial charge on any atom is -0.267 e. The van der Waals surface area contributed by atoms with E-state index < -0.39 is 5.91 Å². The van der Waals surface area contributed by atoms with Gasteiger partial charge < -0.3 is 0 Å². The summed E-state index contributed by atoms with van der Waals surface area (Å²) in [5.74, 6) is -0.504. The van der Waals surface area contributed by atoms with Crippen LogP contribution >= 0.6 is 11.6 Å². The summed E-state index contributed by atoms with van der Waals surface area (Å²) in [7, 11) is 1.51. The number of hydrazone groups is 1. The molecule has 7 heteroatoms. The highest BCUT2D eigenvalue weighted by atomic mass is 35.5. The first kappa shape index (κ1) is 19.9. The van der Waals surface area contributed by atoms with Crippen LogP contribution in [0.1, 0.15) is 16.1 Å². The lowest BCUT2D eigenvalue weighted by Gasteiger charge is -2.10. The van der Waals surface area contributed by atoms with Gasteiger partial charge in [0.25, 0.3) is 11.5 Å². The van der Waals surface area contributed by atoms with E-state index >= 15 is 0 Å². The SMILES string of the molecule is Cn1nc(C(=O)N/N=C/c2c3ccccc3c(Cl)c3ccccc23)c2ccccc2c1=O. The first-order valence-corrected chi connectivity index (χ1v) is 10.3. The molecule has 32 heavy (non-hydrogen) atoms. The van der Waals surface area contributed by atoms with Crippen LogP contribution in [0.5, 0.6) is 0 Å². The number of fused-ring (bicyclic) bond motifs is 3. The van der Waals surface area contributed by atoms with Crippen molar-refractivity contribution in [3.8, 4) is 0 Å². The molecule has 0 aliphatic rings.